The highest BCUT2D eigenvalue weighted by atomic mass is 16.6. The molecule has 2 aromatic rings. The molecule has 0 aliphatic carbocycles. The van der Waals surface area contributed by atoms with E-state index in [1.807, 2.05) is 6.92 Å². The highest BCUT2D eigenvalue weighted by molar-refractivity contribution is 5.91. The molecule has 8 heteroatoms. The normalized spacial score (nSPS) is 10.5. The maximum atomic E-state index is 12.0. The number of benzene rings is 1. The molecule has 1 aromatic carbocycles. The van der Waals surface area contributed by atoms with Crippen molar-refractivity contribution in [3.63, 3.8) is 0 Å². The number of carbonyl (C=O) groups excluding carboxylic acids is 1. The Balaban J connectivity index is 1.89. The van der Waals surface area contributed by atoms with Crippen molar-refractivity contribution in [1.82, 2.24) is 5.32 Å². The molecule has 0 unspecified atom stereocenters. The lowest BCUT2D eigenvalue weighted by molar-refractivity contribution is -0.386. The topological polar surface area (TPSA) is 104 Å². The molecule has 26 heavy (non-hydrogen) atoms. The number of nitrogens with one attached hydrogen (secondary N) is 1. The van der Waals surface area contributed by atoms with Gasteiger partial charge in [0.2, 0.25) is 0 Å². The molecule has 0 aliphatic heterocycles. The molecule has 0 saturated carbocycles. The van der Waals surface area contributed by atoms with Crippen LogP contribution in [0.5, 0.6) is 5.75 Å². The number of amides is 1. The van der Waals surface area contributed by atoms with Gasteiger partial charge in [-0.05, 0) is 44.0 Å². The standard InChI is InChI=1S/C18H22N2O6/c1-3-24-10-4-9-19-18(21)17-8-6-14(26-17)12-25-16-7-5-13(2)11-15(16)20(22)23/h5-8,11H,3-4,9-10,12H2,1-2H3,(H,19,21). The predicted octanol–water partition coefficient (Wildman–Crippen LogP) is 3.23. The van der Waals surface area contributed by atoms with Crippen LogP contribution in [-0.4, -0.2) is 30.6 Å². The Bertz CT molecular complexity index is 756. The van der Waals surface area contributed by atoms with E-state index in [1.165, 1.54) is 6.07 Å². The lowest BCUT2D eigenvalue weighted by Crippen LogP contribution is -2.24. The zero-order chi connectivity index (χ0) is 18.9. The van der Waals surface area contributed by atoms with Gasteiger partial charge in [0, 0.05) is 25.8 Å². The number of ether oxygens (including phenoxy) is 2. The molecular weight excluding hydrogens is 340 g/mol. The highest BCUT2D eigenvalue weighted by Gasteiger charge is 2.16. The van der Waals surface area contributed by atoms with E-state index in [1.54, 1.807) is 31.2 Å². The van der Waals surface area contributed by atoms with Gasteiger partial charge in [-0.15, -0.1) is 0 Å². The third-order valence-electron chi connectivity index (χ3n) is 3.52. The molecule has 0 radical (unpaired) electrons. The molecule has 0 atom stereocenters. The summed E-state index contributed by atoms with van der Waals surface area (Å²) < 4.78 is 16.1. The summed E-state index contributed by atoms with van der Waals surface area (Å²) in [5.74, 6) is 0.394. The molecule has 1 N–H and O–H groups in total. The van der Waals surface area contributed by atoms with Gasteiger partial charge in [-0.25, -0.2) is 0 Å². The van der Waals surface area contributed by atoms with E-state index in [4.69, 9.17) is 13.9 Å². The molecule has 0 aliphatic rings. The fraction of sp³-hybridized carbons (Fsp3) is 0.389. The first-order valence-corrected chi connectivity index (χ1v) is 8.33. The molecule has 1 aromatic heterocycles. The second-order valence-corrected chi connectivity index (χ2v) is 5.59. The SMILES string of the molecule is CCOCCCNC(=O)c1ccc(COc2ccc(C)cc2[N+](=O)[O-])o1. The minimum Gasteiger partial charge on any atom is -0.479 e. The second-order valence-electron chi connectivity index (χ2n) is 5.59. The summed E-state index contributed by atoms with van der Waals surface area (Å²) in [6.45, 7) is 5.39. The quantitative estimate of drug-likeness (QED) is 0.395. The van der Waals surface area contributed by atoms with Gasteiger partial charge in [0.05, 0.1) is 4.92 Å². The van der Waals surface area contributed by atoms with Crippen LogP contribution in [0.3, 0.4) is 0 Å². The maximum Gasteiger partial charge on any atom is 0.311 e. The summed E-state index contributed by atoms with van der Waals surface area (Å²) in [6.07, 6.45) is 0.716. The van der Waals surface area contributed by atoms with Gasteiger partial charge in [-0.1, -0.05) is 6.07 Å². The number of hydrogen-bond acceptors (Lipinski definition) is 6. The molecule has 0 fully saturated rings. The van der Waals surface area contributed by atoms with E-state index in [-0.39, 0.29) is 29.7 Å². The Kier molecular flexibility index (Phi) is 7.16. The van der Waals surface area contributed by atoms with Crippen molar-refractivity contribution in [3.8, 4) is 5.75 Å². The molecule has 0 bridgehead atoms. The van der Waals surface area contributed by atoms with Crippen LogP contribution in [0.1, 0.15) is 35.2 Å². The fourth-order valence-electron chi connectivity index (χ4n) is 2.23. The van der Waals surface area contributed by atoms with Crippen molar-refractivity contribution in [3.05, 3.63) is 57.5 Å². The van der Waals surface area contributed by atoms with Gasteiger partial charge >= 0.3 is 5.69 Å². The number of rotatable bonds is 10. The van der Waals surface area contributed by atoms with Crippen LogP contribution >= 0.6 is 0 Å². The number of hydrogen-bond donors (Lipinski definition) is 1. The zero-order valence-corrected chi connectivity index (χ0v) is 14.8. The minimum absolute atomic E-state index is 0.0124. The molecule has 8 nitrogen and oxygen atoms in total. The van der Waals surface area contributed by atoms with Crippen LogP contribution < -0.4 is 10.1 Å². The van der Waals surface area contributed by atoms with Gasteiger partial charge in [0.25, 0.3) is 5.91 Å². The van der Waals surface area contributed by atoms with Crippen LogP contribution in [0.4, 0.5) is 5.69 Å². The van der Waals surface area contributed by atoms with Gasteiger partial charge in [0.15, 0.2) is 11.5 Å². The summed E-state index contributed by atoms with van der Waals surface area (Å²) in [6, 6.07) is 7.86. The Morgan fingerprint density at radius 2 is 2.12 bits per heavy atom. The van der Waals surface area contributed by atoms with Crippen molar-refractivity contribution in [2.45, 2.75) is 26.9 Å². The van der Waals surface area contributed by atoms with Crippen molar-refractivity contribution in [1.29, 1.82) is 0 Å². The lowest BCUT2D eigenvalue weighted by atomic mass is 10.2. The predicted molar refractivity (Wildman–Crippen MR) is 94.3 cm³/mol. The first kappa shape index (κ1) is 19.5. The van der Waals surface area contributed by atoms with Crippen LogP contribution in [0.2, 0.25) is 0 Å². The lowest BCUT2D eigenvalue weighted by Gasteiger charge is -2.06. The summed E-state index contributed by atoms with van der Waals surface area (Å²) in [5.41, 5.74) is 0.661. The van der Waals surface area contributed by atoms with E-state index in [9.17, 15) is 14.9 Å². The van der Waals surface area contributed by atoms with E-state index in [0.29, 0.717) is 31.9 Å². The van der Waals surface area contributed by atoms with E-state index >= 15 is 0 Å². The smallest absolute Gasteiger partial charge is 0.311 e. The Morgan fingerprint density at radius 1 is 1.31 bits per heavy atom. The molecule has 0 saturated heterocycles. The van der Waals surface area contributed by atoms with Gasteiger partial charge < -0.3 is 19.2 Å². The first-order valence-electron chi connectivity index (χ1n) is 8.33. The first-order chi connectivity index (χ1) is 12.5. The largest absolute Gasteiger partial charge is 0.479 e. The summed E-state index contributed by atoms with van der Waals surface area (Å²) >= 11 is 0. The van der Waals surface area contributed by atoms with Crippen LogP contribution in [0, 0.1) is 17.0 Å². The number of carbonyl (C=O) groups is 1. The van der Waals surface area contributed by atoms with Gasteiger partial charge in [-0.2, -0.15) is 0 Å². The Hall–Kier alpha value is -2.87. The Morgan fingerprint density at radius 3 is 2.85 bits per heavy atom. The molecule has 2 rings (SSSR count). The van der Waals surface area contributed by atoms with Crippen LogP contribution in [0.15, 0.2) is 34.7 Å². The molecule has 0 spiro atoms. The van der Waals surface area contributed by atoms with Crippen molar-refractivity contribution in [2.24, 2.45) is 0 Å². The monoisotopic (exact) mass is 362 g/mol. The third-order valence-corrected chi connectivity index (χ3v) is 3.52. The van der Waals surface area contributed by atoms with E-state index in [0.717, 1.165) is 5.56 Å². The zero-order valence-electron chi connectivity index (χ0n) is 14.8. The summed E-state index contributed by atoms with van der Waals surface area (Å²) in [7, 11) is 0. The van der Waals surface area contributed by atoms with Crippen LogP contribution in [0.25, 0.3) is 0 Å². The third kappa shape index (κ3) is 5.59. The van der Waals surface area contributed by atoms with Crippen LogP contribution in [-0.2, 0) is 11.3 Å². The van der Waals surface area contributed by atoms with E-state index in [2.05, 4.69) is 5.32 Å². The summed E-state index contributed by atoms with van der Waals surface area (Å²) in [4.78, 5) is 22.6. The maximum absolute atomic E-state index is 12.0. The second kappa shape index (κ2) is 9.57. The van der Waals surface area contributed by atoms with E-state index < -0.39 is 4.92 Å². The van der Waals surface area contributed by atoms with Crippen molar-refractivity contribution < 1.29 is 23.6 Å². The average molecular weight is 362 g/mol. The van der Waals surface area contributed by atoms with Crippen molar-refractivity contribution >= 4 is 11.6 Å². The minimum atomic E-state index is -0.494. The molecule has 1 heterocycles. The fourth-order valence-corrected chi connectivity index (χ4v) is 2.23. The number of nitro benzene ring substituents is 1. The highest BCUT2D eigenvalue weighted by Crippen LogP contribution is 2.28. The number of nitro groups is 1. The van der Waals surface area contributed by atoms with Gasteiger partial charge in [0.1, 0.15) is 12.4 Å². The number of aryl methyl sites for hydroxylation is 1. The molecular formula is C18H22N2O6. The average Bonchev–Trinajstić information content (AvgIpc) is 3.09. The number of nitrogens with zero attached hydrogens (tertiary/aromatic N) is 1. The molecule has 140 valence electrons. The summed E-state index contributed by atoms with van der Waals surface area (Å²) in [5, 5.41) is 13.8. The van der Waals surface area contributed by atoms with Gasteiger partial charge in [-0.3, -0.25) is 14.9 Å². The van der Waals surface area contributed by atoms with Crippen molar-refractivity contribution in [2.75, 3.05) is 19.8 Å². The Labute approximate surface area is 151 Å². The molecule has 1 amide bonds. The number of furan rings is 1.